The van der Waals surface area contributed by atoms with Crippen molar-refractivity contribution in [2.75, 3.05) is 0 Å². The van der Waals surface area contributed by atoms with Gasteiger partial charge in [-0.3, -0.25) is 0 Å². The quantitative estimate of drug-likeness (QED) is 0.572. The summed E-state index contributed by atoms with van der Waals surface area (Å²) in [7, 11) is 0. The SMILES string of the molecule is BrCc1ccc(Oc2coc(CCc3ccccc3)n2)cc1. The number of aryl methyl sites for hydroxylation is 2. The molecule has 3 nitrogen and oxygen atoms in total. The van der Waals surface area contributed by atoms with Crippen LogP contribution in [0.3, 0.4) is 0 Å². The van der Waals surface area contributed by atoms with E-state index in [-0.39, 0.29) is 0 Å². The van der Waals surface area contributed by atoms with E-state index < -0.39 is 0 Å². The Morgan fingerprint density at radius 1 is 0.909 bits per heavy atom. The summed E-state index contributed by atoms with van der Waals surface area (Å²) in [6.07, 6.45) is 3.22. The fourth-order valence-electron chi connectivity index (χ4n) is 2.12. The summed E-state index contributed by atoms with van der Waals surface area (Å²) < 4.78 is 11.2. The first-order chi connectivity index (χ1) is 10.8. The van der Waals surface area contributed by atoms with E-state index in [1.165, 1.54) is 11.1 Å². The van der Waals surface area contributed by atoms with Crippen LogP contribution in [-0.2, 0) is 18.2 Å². The summed E-state index contributed by atoms with van der Waals surface area (Å²) in [5, 5.41) is 0.834. The van der Waals surface area contributed by atoms with Crippen LogP contribution in [0.2, 0.25) is 0 Å². The van der Waals surface area contributed by atoms with Gasteiger partial charge in [-0.2, -0.15) is 4.98 Å². The Labute approximate surface area is 138 Å². The number of aromatic nitrogens is 1. The van der Waals surface area contributed by atoms with Crippen LogP contribution in [0.4, 0.5) is 0 Å². The average molecular weight is 358 g/mol. The van der Waals surface area contributed by atoms with Gasteiger partial charge in [-0.15, -0.1) is 0 Å². The Balaban J connectivity index is 1.58. The van der Waals surface area contributed by atoms with Gasteiger partial charge in [0, 0.05) is 11.8 Å². The molecule has 1 aromatic heterocycles. The Kier molecular flexibility index (Phi) is 4.91. The number of oxazole rings is 1. The molecule has 112 valence electrons. The van der Waals surface area contributed by atoms with Crippen molar-refractivity contribution in [3.63, 3.8) is 0 Å². The van der Waals surface area contributed by atoms with E-state index in [2.05, 4.69) is 33.0 Å². The predicted octanol–water partition coefficient (Wildman–Crippen LogP) is 5.15. The van der Waals surface area contributed by atoms with E-state index in [4.69, 9.17) is 9.15 Å². The largest absolute Gasteiger partial charge is 0.445 e. The normalized spacial score (nSPS) is 10.6. The first kappa shape index (κ1) is 14.9. The van der Waals surface area contributed by atoms with Crippen molar-refractivity contribution in [1.82, 2.24) is 4.98 Å². The van der Waals surface area contributed by atoms with Crippen molar-refractivity contribution in [2.45, 2.75) is 18.2 Å². The van der Waals surface area contributed by atoms with E-state index in [9.17, 15) is 0 Å². The van der Waals surface area contributed by atoms with Gasteiger partial charge in [-0.1, -0.05) is 58.4 Å². The third-order valence-electron chi connectivity index (χ3n) is 3.30. The number of benzene rings is 2. The lowest BCUT2D eigenvalue weighted by Crippen LogP contribution is -1.91. The first-order valence-electron chi connectivity index (χ1n) is 7.14. The second kappa shape index (κ2) is 7.27. The van der Waals surface area contributed by atoms with Crippen LogP contribution >= 0.6 is 15.9 Å². The van der Waals surface area contributed by atoms with Gasteiger partial charge in [0.25, 0.3) is 5.88 Å². The minimum atomic E-state index is 0.495. The van der Waals surface area contributed by atoms with Crippen LogP contribution in [0.25, 0.3) is 0 Å². The average Bonchev–Trinajstić information content (AvgIpc) is 3.02. The molecule has 0 aliphatic rings. The maximum atomic E-state index is 5.69. The molecule has 3 aromatic rings. The van der Waals surface area contributed by atoms with Crippen molar-refractivity contribution in [2.24, 2.45) is 0 Å². The number of rotatable bonds is 6. The first-order valence-corrected chi connectivity index (χ1v) is 8.27. The van der Waals surface area contributed by atoms with Gasteiger partial charge in [0.05, 0.1) is 0 Å². The highest BCUT2D eigenvalue weighted by atomic mass is 79.9. The molecule has 1 heterocycles. The Morgan fingerprint density at radius 2 is 1.68 bits per heavy atom. The third kappa shape index (κ3) is 3.98. The molecule has 0 saturated carbocycles. The predicted molar refractivity (Wildman–Crippen MR) is 89.5 cm³/mol. The second-order valence-electron chi connectivity index (χ2n) is 4.94. The second-order valence-corrected chi connectivity index (χ2v) is 5.51. The molecular formula is C18H16BrNO2. The minimum Gasteiger partial charge on any atom is -0.445 e. The summed E-state index contributed by atoms with van der Waals surface area (Å²) in [5.74, 6) is 1.94. The number of alkyl halides is 1. The molecule has 0 bridgehead atoms. The Bertz CT molecular complexity index is 707. The van der Waals surface area contributed by atoms with Crippen LogP contribution < -0.4 is 4.74 Å². The highest BCUT2D eigenvalue weighted by Gasteiger charge is 2.06. The number of hydrogen-bond acceptors (Lipinski definition) is 3. The maximum Gasteiger partial charge on any atom is 0.258 e. The molecule has 0 aliphatic carbocycles. The lowest BCUT2D eigenvalue weighted by molar-refractivity contribution is 0.455. The third-order valence-corrected chi connectivity index (χ3v) is 3.95. The fraction of sp³-hybridized carbons (Fsp3) is 0.167. The van der Waals surface area contributed by atoms with Crippen LogP contribution in [0.15, 0.2) is 65.3 Å². The van der Waals surface area contributed by atoms with Gasteiger partial charge in [0.2, 0.25) is 0 Å². The van der Waals surface area contributed by atoms with Crippen molar-refractivity contribution in [3.05, 3.63) is 77.9 Å². The molecule has 2 aromatic carbocycles. The molecule has 3 rings (SSSR count). The Morgan fingerprint density at radius 3 is 2.41 bits per heavy atom. The fourth-order valence-corrected chi connectivity index (χ4v) is 2.49. The lowest BCUT2D eigenvalue weighted by Gasteiger charge is -2.01. The number of nitrogens with zero attached hydrogens (tertiary/aromatic N) is 1. The topological polar surface area (TPSA) is 35.3 Å². The smallest absolute Gasteiger partial charge is 0.258 e. The molecule has 22 heavy (non-hydrogen) atoms. The zero-order chi connectivity index (χ0) is 15.2. The van der Waals surface area contributed by atoms with E-state index >= 15 is 0 Å². The molecule has 0 amide bonds. The van der Waals surface area contributed by atoms with E-state index in [1.54, 1.807) is 6.26 Å². The summed E-state index contributed by atoms with van der Waals surface area (Å²) in [5.41, 5.74) is 2.48. The summed E-state index contributed by atoms with van der Waals surface area (Å²) in [6, 6.07) is 18.2. The molecule has 0 spiro atoms. The van der Waals surface area contributed by atoms with Crippen LogP contribution in [0, 0.1) is 0 Å². The van der Waals surface area contributed by atoms with Crippen molar-refractivity contribution < 1.29 is 9.15 Å². The zero-order valence-electron chi connectivity index (χ0n) is 12.0. The monoisotopic (exact) mass is 357 g/mol. The van der Waals surface area contributed by atoms with Crippen molar-refractivity contribution in [1.29, 1.82) is 0 Å². The Hall–Kier alpha value is -2.07. The van der Waals surface area contributed by atoms with Gasteiger partial charge >= 0.3 is 0 Å². The molecule has 0 atom stereocenters. The van der Waals surface area contributed by atoms with Gasteiger partial charge < -0.3 is 9.15 Å². The van der Waals surface area contributed by atoms with Crippen molar-refractivity contribution in [3.8, 4) is 11.6 Å². The molecular weight excluding hydrogens is 342 g/mol. The van der Waals surface area contributed by atoms with Crippen LogP contribution in [0.1, 0.15) is 17.0 Å². The summed E-state index contributed by atoms with van der Waals surface area (Å²) in [6.45, 7) is 0. The molecule has 0 radical (unpaired) electrons. The van der Waals surface area contributed by atoms with E-state index in [1.807, 2.05) is 42.5 Å². The molecule has 4 heteroatoms. The standard InChI is InChI=1S/C18H16BrNO2/c19-12-15-6-9-16(10-7-15)22-18-13-21-17(20-18)11-8-14-4-2-1-3-5-14/h1-7,9-10,13H,8,11-12H2. The van der Waals surface area contributed by atoms with E-state index in [0.29, 0.717) is 11.8 Å². The van der Waals surface area contributed by atoms with Gasteiger partial charge in [-0.25, -0.2) is 0 Å². The number of halogens is 1. The molecule has 0 aliphatic heterocycles. The lowest BCUT2D eigenvalue weighted by atomic mass is 10.1. The molecule has 0 unspecified atom stereocenters. The van der Waals surface area contributed by atoms with Crippen LogP contribution in [-0.4, -0.2) is 4.98 Å². The summed E-state index contributed by atoms with van der Waals surface area (Å²) >= 11 is 3.42. The zero-order valence-corrected chi connectivity index (χ0v) is 13.6. The van der Waals surface area contributed by atoms with Crippen LogP contribution in [0.5, 0.6) is 11.6 Å². The van der Waals surface area contributed by atoms with Gasteiger partial charge in [0.1, 0.15) is 5.75 Å². The van der Waals surface area contributed by atoms with Crippen molar-refractivity contribution >= 4 is 15.9 Å². The molecule has 0 N–H and O–H groups in total. The maximum absolute atomic E-state index is 5.69. The minimum absolute atomic E-state index is 0.495. The molecule has 0 fully saturated rings. The molecule has 0 saturated heterocycles. The highest BCUT2D eigenvalue weighted by Crippen LogP contribution is 2.22. The van der Waals surface area contributed by atoms with Gasteiger partial charge in [-0.05, 0) is 29.7 Å². The van der Waals surface area contributed by atoms with Gasteiger partial charge in [0.15, 0.2) is 12.2 Å². The van der Waals surface area contributed by atoms with E-state index in [0.717, 1.165) is 23.9 Å². The summed E-state index contributed by atoms with van der Waals surface area (Å²) in [4.78, 5) is 4.37. The highest BCUT2D eigenvalue weighted by molar-refractivity contribution is 9.08. The number of hydrogen-bond donors (Lipinski definition) is 0. The number of ether oxygens (including phenoxy) is 1.